The van der Waals surface area contributed by atoms with Gasteiger partial charge in [-0.2, -0.15) is 4.72 Å². The Morgan fingerprint density at radius 3 is 2.48 bits per heavy atom. The number of pyridine rings is 1. The minimum atomic E-state index is -4.00. The first-order valence-electron chi connectivity index (χ1n) is 9.55. The number of sulfonamides is 1. The molecule has 8 nitrogen and oxygen atoms in total. The van der Waals surface area contributed by atoms with E-state index in [0.29, 0.717) is 6.54 Å². The number of hydrogen-bond donors (Lipinski definition) is 2. The molecule has 2 N–H and O–H groups in total. The predicted octanol–water partition coefficient (Wildman–Crippen LogP) is 2.45. The molecule has 0 aliphatic heterocycles. The van der Waals surface area contributed by atoms with Crippen molar-refractivity contribution in [3.63, 3.8) is 0 Å². The van der Waals surface area contributed by atoms with Crippen LogP contribution in [-0.2, 0) is 27.8 Å². The number of imidazole rings is 1. The van der Waals surface area contributed by atoms with Gasteiger partial charge in [-0.1, -0.05) is 42.5 Å². The molecule has 4 rings (SSSR count). The van der Waals surface area contributed by atoms with E-state index < -0.39 is 22.0 Å². The fourth-order valence-corrected chi connectivity index (χ4v) is 4.49. The SMILES string of the molecule is O=C(O)[C@H](Cc1ccccc1)NS(=O)(=O)c1ccc(Cn2cnc3cnccc32)cc1. The molecule has 0 aliphatic rings. The Morgan fingerprint density at radius 1 is 1.03 bits per heavy atom. The highest BCUT2D eigenvalue weighted by Crippen LogP contribution is 2.16. The summed E-state index contributed by atoms with van der Waals surface area (Å²) in [6.07, 6.45) is 5.13. The summed E-state index contributed by atoms with van der Waals surface area (Å²) in [6.45, 7) is 0.514. The van der Waals surface area contributed by atoms with Gasteiger partial charge in [0.15, 0.2) is 0 Å². The lowest BCUT2D eigenvalue weighted by molar-refractivity contribution is -0.138. The molecule has 0 unspecified atom stereocenters. The average molecular weight is 436 g/mol. The first kappa shape index (κ1) is 20.7. The molecule has 0 saturated heterocycles. The summed E-state index contributed by atoms with van der Waals surface area (Å²) in [4.78, 5) is 20.0. The molecular weight excluding hydrogens is 416 g/mol. The van der Waals surface area contributed by atoms with Crippen LogP contribution in [0.5, 0.6) is 0 Å². The lowest BCUT2D eigenvalue weighted by atomic mass is 10.1. The van der Waals surface area contributed by atoms with Gasteiger partial charge in [0.05, 0.1) is 22.9 Å². The quantitative estimate of drug-likeness (QED) is 0.439. The molecule has 0 fully saturated rings. The third-order valence-electron chi connectivity index (χ3n) is 4.89. The highest BCUT2D eigenvalue weighted by Gasteiger charge is 2.25. The fourth-order valence-electron chi connectivity index (χ4n) is 3.30. The van der Waals surface area contributed by atoms with Crippen molar-refractivity contribution in [2.45, 2.75) is 23.9 Å². The average Bonchev–Trinajstić information content (AvgIpc) is 3.17. The van der Waals surface area contributed by atoms with Crippen molar-refractivity contribution in [3.05, 3.63) is 90.5 Å². The summed E-state index contributed by atoms with van der Waals surface area (Å²) in [5.41, 5.74) is 3.33. The molecule has 0 saturated carbocycles. The summed E-state index contributed by atoms with van der Waals surface area (Å²) >= 11 is 0. The lowest BCUT2D eigenvalue weighted by Gasteiger charge is -2.15. The van der Waals surface area contributed by atoms with Crippen LogP contribution in [0.15, 0.2) is 84.3 Å². The first-order chi connectivity index (χ1) is 14.9. The zero-order valence-electron chi connectivity index (χ0n) is 16.4. The molecule has 0 aliphatic carbocycles. The van der Waals surface area contributed by atoms with E-state index >= 15 is 0 Å². The van der Waals surface area contributed by atoms with E-state index in [1.807, 2.05) is 16.7 Å². The van der Waals surface area contributed by atoms with Gasteiger partial charge in [0, 0.05) is 12.7 Å². The Morgan fingerprint density at radius 2 is 1.77 bits per heavy atom. The summed E-state index contributed by atoms with van der Waals surface area (Å²) < 4.78 is 29.7. The van der Waals surface area contributed by atoms with Gasteiger partial charge in [0.25, 0.3) is 0 Å². The zero-order chi connectivity index (χ0) is 21.8. The van der Waals surface area contributed by atoms with Crippen LogP contribution in [0, 0.1) is 0 Å². The van der Waals surface area contributed by atoms with Gasteiger partial charge in [-0.3, -0.25) is 9.78 Å². The molecule has 0 bridgehead atoms. The van der Waals surface area contributed by atoms with Crippen LogP contribution in [0.1, 0.15) is 11.1 Å². The fraction of sp³-hybridized carbons (Fsp3) is 0.136. The van der Waals surface area contributed by atoms with Crippen LogP contribution in [0.4, 0.5) is 0 Å². The molecule has 0 radical (unpaired) electrons. The van der Waals surface area contributed by atoms with Crippen molar-refractivity contribution in [3.8, 4) is 0 Å². The number of carboxylic acid groups (broad SMARTS) is 1. The molecule has 2 aromatic carbocycles. The Kier molecular flexibility index (Phi) is 5.79. The van der Waals surface area contributed by atoms with Crippen LogP contribution in [0.3, 0.4) is 0 Å². The van der Waals surface area contributed by atoms with Crippen molar-refractivity contribution in [1.29, 1.82) is 0 Å². The van der Waals surface area contributed by atoms with E-state index in [1.54, 1.807) is 55.1 Å². The van der Waals surface area contributed by atoms with Crippen molar-refractivity contribution in [2.75, 3.05) is 0 Å². The molecule has 0 spiro atoms. The summed E-state index contributed by atoms with van der Waals surface area (Å²) in [7, 11) is -4.00. The Hall–Kier alpha value is -3.56. The zero-order valence-corrected chi connectivity index (χ0v) is 17.2. The molecular formula is C22H20N4O4S. The number of carboxylic acids is 1. The molecule has 4 aromatic rings. The maximum absolute atomic E-state index is 12.7. The minimum Gasteiger partial charge on any atom is -0.480 e. The topological polar surface area (TPSA) is 114 Å². The van der Waals surface area contributed by atoms with Crippen LogP contribution in [0.25, 0.3) is 11.0 Å². The van der Waals surface area contributed by atoms with E-state index in [-0.39, 0.29) is 11.3 Å². The highest BCUT2D eigenvalue weighted by atomic mass is 32.2. The smallest absolute Gasteiger partial charge is 0.322 e. The molecule has 1 atom stereocenters. The third kappa shape index (κ3) is 4.79. The summed E-state index contributed by atoms with van der Waals surface area (Å²) in [5.74, 6) is -1.23. The maximum atomic E-state index is 12.7. The van der Waals surface area contributed by atoms with Crippen molar-refractivity contribution in [1.82, 2.24) is 19.3 Å². The molecule has 158 valence electrons. The van der Waals surface area contributed by atoms with Crippen molar-refractivity contribution < 1.29 is 18.3 Å². The van der Waals surface area contributed by atoms with Gasteiger partial charge >= 0.3 is 5.97 Å². The van der Waals surface area contributed by atoms with E-state index in [4.69, 9.17) is 0 Å². The van der Waals surface area contributed by atoms with Crippen molar-refractivity contribution in [2.24, 2.45) is 0 Å². The number of rotatable bonds is 8. The summed E-state index contributed by atoms with van der Waals surface area (Å²) in [6, 6.07) is 15.8. The van der Waals surface area contributed by atoms with Crippen LogP contribution < -0.4 is 4.72 Å². The number of hydrogen-bond acceptors (Lipinski definition) is 5. The second-order valence-corrected chi connectivity index (χ2v) is 8.80. The Bertz CT molecular complexity index is 1300. The van der Waals surface area contributed by atoms with Gasteiger partial charge < -0.3 is 9.67 Å². The molecule has 2 aromatic heterocycles. The number of nitrogens with zero attached hydrogens (tertiary/aromatic N) is 3. The lowest BCUT2D eigenvalue weighted by Crippen LogP contribution is -2.42. The number of fused-ring (bicyclic) bond motifs is 1. The van der Waals surface area contributed by atoms with Gasteiger partial charge in [0.1, 0.15) is 11.6 Å². The molecule has 9 heteroatoms. The number of carbonyl (C=O) groups is 1. The molecule has 2 heterocycles. The number of benzene rings is 2. The van der Waals surface area contributed by atoms with E-state index in [2.05, 4.69) is 14.7 Å². The molecule has 31 heavy (non-hydrogen) atoms. The standard InChI is InChI=1S/C22H20N4O4S/c27-22(28)19(12-16-4-2-1-3-5-16)25-31(29,30)18-8-6-17(7-9-18)14-26-15-24-20-13-23-11-10-21(20)26/h1-11,13,15,19,25H,12,14H2,(H,27,28)/t19-/m0/s1. The van der Waals surface area contributed by atoms with E-state index in [0.717, 1.165) is 22.2 Å². The Labute approximate surface area is 179 Å². The minimum absolute atomic E-state index is 0.00949. The van der Waals surface area contributed by atoms with Gasteiger partial charge in [-0.05, 0) is 35.7 Å². The van der Waals surface area contributed by atoms with Gasteiger partial charge in [0.2, 0.25) is 10.0 Å². The van der Waals surface area contributed by atoms with Crippen molar-refractivity contribution >= 4 is 27.0 Å². The molecule has 0 amide bonds. The van der Waals surface area contributed by atoms with Crippen LogP contribution in [0.2, 0.25) is 0 Å². The second kappa shape index (κ2) is 8.66. The normalized spacial score (nSPS) is 12.6. The number of aromatic nitrogens is 3. The number of nitrogens with one attached hydrogen (secondary N) is 1. The number of aliphatic carboxylic acids is 1. The van der Waals surface area contributed by atoms with E-state index in [1.165, 1.54) is 12.1 Å². The second-order valence-electron chi connectivity index (χ2n) is 7.08. The Balaban J connectivity index is 1.49. The first-order valence-corrected chi connectivity index (χ1v) is 11.0. The van der Waals surface area contributed by atoms with Gasteiger partial charge in [-0.25, -0.2) is 13.4 Å². The van der Waals surface area contributed by atoms with Gasteiger partial charge in [-0.15, -0.1) is 0 Å². The van der Waals surface area contributed by atoms with Crippen LogP contribution in [-0.4, -0.2) is 40.1 Å². The largest absolute Gasteiger partial charge is 0.480 e. The highest BCUT2D eigenvalue weighted by molar-refractivity contribution is 7.89. The predicted molar refractivity (Wildman–Crippen MR) is 115 cm³/mol. The summed E-state index contributed by atoms with van der Waals surface area (Å²) in [5, 5.41) is 9.48. The van der Waals surface area contributed by atoms with Crippen LogP contribution >= 0.6 is 0 Å². The van der Waals surface area contributed by atoms with E-state index in [9.17, 15) is 18.3 Å². The maximum Gasteiger partial charge on any atom is 0.322 e. The monoisotopic (exact) mass is 436 g/mol. The third-order valence-corrected chi connectivity index (χ3v) is 6.38.